The highest BCUT2D eigenvalue weighted by molar-refractivity contribution is 5.20. The highest BCUT2D eigenvalue weighted by Crippen LogP contribution is 2.34. The molecule has 1 aliphatic heterocycles. The fourth-order valence-electron chi connectivity index (χ4n) is 6.10. The van der Waals surface area contributed by atoms with Crippen molar-refractivity contribution in [2.45, 2.75) is 69.8 Å². The number of allylic oxidation sites excluding steroid dienone is 1. The summed E-state index contributed by atoms with van der Waals surface area (Å²) in [5.41, 5.74) is 5.12. The zero-order valence-electron chi connectivity index (χ0n) is 28.3. The third-order valence-corrected chi connectivity index (χ3v) is 8.76. The van der Waals surface area contributed by atoms with Crippen LogP contribution in [0.1, 0.15) is 46.8 Å². The highest BCUT2D eigenvalue weighted by atomic mass is 16.6. The van der Waals surface area contributed by atoms with E-state index < -0.39 is 30.5 Å². The van der Waals surface area contributed by atoms with Crippen LogP contribution in [0, 0.1) is 0 Å². The molecule has 6 nitrogen and oxygen atoms in total. The van der Waals surface area contributed by atoms with Crippen LogP contribution in [0.3, 0.4) is 0 Å². The van der Waals surface area contributed by atoms with Crippen LogP contribution in [0.2, 0.25) is 0 Å². The maximum Gasteiger partial charge on any atom is 0.150 e. The Labute approximate surface area is 295 Å². The highest BCUT2D eigenvalue weighted by Gasteiger charge is 2.46. The van der Waals surface area contributed by atoms with Gasteiger partial charge < -0.3 is 28.8 Å². The first-order valence-corrected chi connectivity index (χ1v) is 17.4. The monoisotopic (exact) mass is 670 g/mol. The second-order valence-corrected chi connectivity index (χ2v) is 12.5. The Morgan fingerprint density at radius 2 is 0.980 bits per heavy atom. The minimum absolute atomic E-state index is 0.287. The lowest BCUT2D eigenvalue weighted by Crippen LogP contribution is -2.56. The van der Waals surface area contributed by atoms with Gasteiger partial charge in [-0.15, -0.1) is 0 Å². The van der Waals surface area contributed by atoms with Gasteiger partial charge in [-0.1, -0.05) is 152 Å². The van der Waals surface area contributed by atoms with Crippen molar-refractivity contribution < 1.29 is 28.8 Å². The van der Waals surface area contributed by atoms with Crippen molar-refractivity contribution in [3.05, 3.63) is 191 Å². The fraction of sp³-hybridized carbons (Fsp3) is 0.273. The molecule has 0 saturated carbocycles. The smallest absolute Gasteiger partial charge is 0.150 e. The summed E-state index contributed by atoms with van der Waals surface area (Å²) in [6.07, 6.45) is 0.463. The molecule has 1 aliphatic rings. The summed E-state index contributed by atoms with van der Waals surface area (Å²) in [5, 5.41) is 11.0. The molecule has 0 bridgehead atoms. The second-order valence-electron chi connectivity index (χ2n) is 12.5. The number of aliphatic hydroxyl groups is 1. The fourth-order valence-corrected chi connectivity index (χ4v) is 6.10. The molecule has 5 aromatic carbocycles. The van der Waals surface area contributed by atoms with Crippen LogP contribution in [-0.2, 0) is 50.1 Å². The van der Waals surface area contributed by atoms with Crippen LogP contribution in [0.25, 0.3) is 0 Å². The predicted molar refractivity (Wildman–Crippen MR) is 195 cm³/mol. The van der Waals surface area contributed by atoms with E-state index >= 15 is 0 Å². The van der Waals surface area contributed by atoms with Gasteiger partial charge in [0.05, 0.1) is 39.1 Å². The van der Waals surface area contributed by atoms with Crippen LogP contribution < -0.4 is 0 Å². The predicted octanol–water partition coefficient (Wildman–Crippen LogP) is 8.76. The molecule has 0 radical (unpaired) electrons. The number of aliphatic hydroxyl groups excluding tert-OH is 1. The summed E-state index contributed by atoms with van der Waals surface area (Å²) in [5.74, 6) is 0.659. The third-order valence-electron chi connectivity index (χ3n) is 8.76. The topological polar surface area (TPSA) is 66.4 Å². The van der Waals surface area contributed by atoms with Crippen molar-refractivity contribution >= 4 is 0 Å². The Bertz CT molecular complexity index is 1680. The van der Waals surface area contributed by atoms with E-state index in [2.05, 4.69) is 24.3 Å². The Morgan fingerprint density at radius 1 is 0.540 bits per heavy atom. The molecule has 0 spiro atoms. The van der Waals surface area contributed by atoms with Gasteiger partial charge in [0, 0.05) is 0 Å². The standard InChI is InChI=1S/C44H46O6/c45-39(38-25-14-5-15-26-38)27-16-28-40-42(47-30-35-19-8-2-9-20-35)44(49-32-37-23-12-4-13-24-37)43(48-31-36-21-10-3-11-22-36)41(50-40)33-46-29-34-17-6-1-7-18-34/h1-15,17-26,28,39,41-45H,16,27,29-33H2/b40-28-/t39-,41+,42-,43+,44+/m0/s1. The van der Waals surface area contributed by atoms with E-state index in [0.717, 1.165) is 27.8 Å². The molecular formula is C44H46O6. The molecule has 1 saturated heterocycles. The molecule has 5 atom stereocenters. The van der Waals surface area contributed by atoms with Gasteiger partial charge in [0.25, 0.3) is 0 Å². The Balaban J connectivity index is 1.30. The van der Waals surface area contributed by atoms with Gasteiger partial charge in [-0.05, 0) is 46.7 Å². The summed E-state index contributed by atoms with van der Waals surface area (Å²) in [6.45, 7) is 1.85. The van der Waals surface area contributed by atoms with Gasteiger partial charge in [0.2, 0.25) is 0 Å². The molecule has 5 aromatic rings. The van der Waals surface area contributed by atoms with Gasteiger partial charge in [-0.3, -0.25) is 0 Å². The first kappa shape index (κ1) is 35.3. The van der Waals surface area contributed by atoms with Crippen molar-refractivity contribution in [2.75, 3.05) is 6.61 Å². The molecule has 6 rings (SSSR count). The van der Waals surface area contributed by atoms with Crippen LogP contribution in [-0.4, -0.2) is 36.1 Å². The van der Waals surface area contributed by atoms with Crippen molar-refractivity contribution in [3.8, 4) is 0 Å². The van der Waals surface area contributed by atoms with E-state index in [1.165, 1.54) is 0 Å². The molecular weight excluding hydrogens is 624 g/mol. The molecule has 0 aliphatic carbocycles. The van der Waals surface area contributed by atoms with Gasteiger partial charge in [-0.2, -0.15) is 0 Å². The largest absolute Gasteiger partial charge is 0.487 e. The molecule has 0 unspecified atom stereocenters. The van der Waals surface area contributed by atoms with Gasteiger partial charge in [0.15, 0.2) is 6.10 Å². The maximum absolute atomic E-state index is 11.0. The van der Waals surface area contributed by atoms with E-state index in [0.29, 0.717) is 45.0 Å². The summed E-state index contributed by atoms with van der Waals surface area (Å²) < 4.78 is 33.4. The minimum Gasteiger partial charge on any atom is -0.487 e. The molecule has 1 fully saturated rings. The van der Waals surface area contributed by atoms with Crippen molar-refractivity contribution in [2.24, 2.45) is 0 Å². The zero-order chi connectivity index (χ0) is 34.2. The summed E-state index contributed by atoms with van der Waals surface area (Å²) in [7, 11) is 0. The Hall–Kier alpha value is -4.56. The van der Waals surface area contributed by atoms with E-state index in [4.69, 9.17) is 23.7 Å². The van der Waals surface area contributed by atoms with Crippen molar-refractivity contribution in [1.82, 2.24) is 0 Å². The van der Waals surface area contributed by atoms with E-state index in [-0.39, 0.29) is 6.61 Å². The molecule has 258 valence electrons. The number of rotatable bonds is 17. The number of benzene rings is 5. The van der Waals surface area contributed by atoms with E-state index in [1.807, 2.05) is 133 Å². The minimum atomic E-state index is -0.600. The molecule has 1 N–H and O–H groups in total. The van der Waals surface area contributed by atoms with Crippen LogP contribution in [0.15, 0.2) is 163 Å². The van der Waals surface area contributed by atoms with Crippen LogP contribution in [0.5, 0.6) is 0 Å². The summed E-state index contributed by atoms with van der Waals surface area (Å²) >= 11 is 0. The van der Waals surface area contributed by atoms with Crippen LogP contribution >= 0.6 is 0 Å². The van der Waals surface area contributed by atoms with E-state index in [9.17, 15) is 5.11 Å². The maximum atomic E-state index is 11.0. The number of hydrogen-bond donors (Lipinski definition) is 1. The normalized spacial score (nSPS) is 20.3. The van der Waals surface area contributed by atoms with E-state index in [1.54, 1.807) is 0 Å². The van der Waals surface area contributed by atoms with Crippen molar-refractivity contribution in [3.63, 3.8) is 0 Å². The Morgan fingerprint density at radius 3 is 1.50 bits per heavy atom. The molecule has 0 amide bonds. The number of hydrogen-bond acceptors (Lipinski definition) is 6. The molecule has 6 heteroatoms. The van der Waals surface area contributed by atoms with Gasteiger partial charge in [0.1, 0.15) is 24.1 Å². The second kappa shape index (κ2) is 19.0. The molecule has 1 heterocycles. The molecule has 50 heavy (non-hydrogen) atoms. The lowest BCUT2D eigenvalue weighted by molar-refractivity contribution is -0.223. The first-order valence-electron chi connectivity index (χ1n) is 17.4. The average molecular weight is 671 g/mol. The summed E-state index contributed by atoms with van der Waals surface area (Å²) in [4.78, 5) is 0. The zero-order valence-corrected chi connectivity index (χ0v) is 28.3. The lowest BCUT2D eigenvalue weighted by Gasteiger charge is -2.43. The third kappa shape index (κ3) is 10.5. The lowest BCUT2D eigenvalue weighted by atomic mass is 9.95. The Kier molecular flexibility index (Phi) is 13.4. The van der Waals surface area contributed by atoms with Crippen molar-refractivity contribution in [1.29, 1.82) is 0 Å². The summed E-state index contributed by atoms with van der Waals surface area (Å²) in [6, 6.07) is 50.2. The molecule has 0 aromatic heterocycles. The SMILES string of the molecule is O[C@@H](CC/C=C1\O[C@H](COCc2ccccc2)[C@@H](OCc2ccccc2)[C@H](OCc2ccccc2)[C@H]1OCc1ccccc1)c1ccccc1. The number of ether oxygens (including phenoxy) is 5. The first-order chi connectivity index (χ1) is 24.7. The van der Waals surface area contributed by atoms with Crippen LogP contribution in [0.4, 0.5) is 0 Å². The van der Waals surface area contributed by atoms with Gasteiger partial charge >= 0.3 is 0 Å². The average Bonchev–Trinajstić information content (AvgIpc) is 3.18. The van der Waals surface area contributed by atoms with Gasteiger partial charge in [-0.25, -0.2) is 0 Å². The quantitative estimate of drug-likeness (QED) is 0.107.